The third-order valence-corrected chi connectivity index (χ3v) is 5.06. The first-order valence-electron chi connectivity index (χ1n) is 8.09. The Labute approximate surface area is 164 Å². The number of aryl methyl sites for hydroxylation is 1. The van der Waals surface area contributed by atoms with Crippen molar-refractivity contribution in [3.8, 4) is 11.5 Å². The molecular formula is C18H21N3O6S. The molecule has 28 heavy (non-hydrogen) atoms. The molecule has 10 heteroatoms. The van der Waals surface area contributed by atoms with Crippen LogP contribution < -0.4 is 9.47 Å². The first-order valence-corrected chi connectivity index (χ1v) is 9.41. The summed E-state index contributed by atoms with van der Waals surface area (Å²) in [7, 11) is 3.23. The van der Waals surface area contributed by atoms with Crippen molar-refractivity contribution in [3.05, 3.63) is 41.2 Å². The minimum atomic E-state index is -1.83. The van der Waals surface area contributed by atoms with Crippen molar-refractivity contribution >= 4 is 28.4 Å². The smallest absolute Gasteiger partial charge is 0.503 e. The number of imidazole rings is 1. The molecule has 0 amide bonds. The van der Waals surface area contributed by atoms with Crippen LogP contribution in [-0.2, 0) is 16.9 Å². The van der Waals surface area contributed by atoms with Crippen LogP contribution in [0.15, 0.2) is 29.6 Å². The number of benzene rings is 1. The maximum atomic E-state index is 12.7. The van der Waals surface area contributed by atoms with Crippen LogP contribution in [-0.4, -0.2) is 50.1 Å². The summed E-state index contributed by atoms with van der Waals surface area (Å²) < 4.78 is 23.3. The molecule has 150 valence electrons. The summed E-state index contributed by atoms with van der Waals surface area (Å²) in [6.45, 7) is 3.86. The van der Waals surface area contributed by atoms with Crippen LogP contribution in [0.3, 0.4) is 0 Å². The molecular weight excluding hydrogens is 386 g/mol. The monoisotopic (exact) mass is 407 g/mol. The highest BCUT2D eigenvalue weighted by Gasteiger charge is 2.21. The number of fused-ring (bicyclic) bond motifs is 1. The number of hydrogen-bond donors (Lipinski definition) is 3. The third-order valence-electron chi connectivity index (χ3n) is 3.90. The number of hydrogen-bond acceptors (Lipinski definition) is 6. The van der Waals surface area contributed by atoms with Crippen molar-refractivity contribution in [2.24, 2.45) is 0 Å². The Kier molecular flexibility index (Phi) is 7.07. The molecule has 3 aromatic rings. The van der Waals surface area contributed by atoms with E-state index in [0.29, 0.717) is 10.9 Å². The van der Waals surface area contributed by atoms with Gasteiger partial charge in [-0.05, 0) is 26.0 Å². The Morgan fingerprint density at radius 2 is 1.93 bits per heavy atom. The van der Waals surface area contributed by atoms with Gasteiger partial charge in [-0.25, -0.2) is 4.79 Å². The van der Waals surface area contributed by atoms with E-state index in [2.05, 4.69) is 15.0 Å². The fraction of sp³-hybridized carbons (Fsp3) is 0.278. The van der Waals surface area contributed by atoms with Crippen LogP contribution in [0.4, 0.5) is 4.79 Å². The van der Waals surface area contributed by atoms with Crippen LogP contribution in [0.1, 0.15) is 16.8 Å². The predicted molar refractivity (Wildman–Crippen MR) is 104 cm³/mol. The van der Waals surface area contributed by atoms with Gasteiger partial charge in [0.05, 0.1) is 30.9 Å². The molecule has 9 nitrogen and oxygen atoms in total. The minimum absolute atomic E-state index is 0.277. The third kappa shape index (κ3) is 5.05. The molecule has 1 atom stereocenters. The lowest BCUT2D eigenvalue weighted by atomic mass is 10.1. The topological polar surface area (TPSA) is 141 Å². The summed E-state index contributed by atoms with van der Waals surface area (Å²) in [5.74, 6) is 1.78. The molecule has 0 aliphatic rings. The molecule has 1 unspecified atom stereocenters. The van der Waals surface area contributed by atoms with E-state index in [9.17, 15) is 4.55 Å². The van der Waals surface area contributed by atoms with E-state index >= 15 is 0 Å². The lowest BCUT2D eigenvalue weighted by Crippen LogP contribution is -2.10. The molecule has 2 aromatic heterocycles. The molecule has 0 aliphatic heterocycles. The van der Waals surface area contributed by atoms with Gasteiger partial charge in [-0.2, -0.15) is 4.98 Å². The van der Waals surface area contributed by atoms with Crippen molar-refractivity contribution in [3.63, 3.8) is 0 Å². The fourth-order valence-electron chi connectivity index (χ4n) is 2.61. The number of carboxylic acid groups (broad SMARTS) is 2. The number of nitrogens with one attached hydrogen (secondary N) is 1. The molecule has 0 saturated heterocycles. The van der Waals surface area contributed by atoms with E-state index in [0.717, 1.165) is 33.6 Å². The molecule has 0 radical (unpaired) electrons. The van der Waals surface area contributed by atoms with E-state index in [4.69, 9.17) is 24.5 Å². The highest BCUT2D eigenvalue weighted by molar-refractivity contribution is 7.90. The van der Waals surface area contributed by atoms with E-state index in [1.807, 2.05) is 32.0 Å². The summed E-state index contributed by atoms with van der Waals surface area (Å²) in [6.07, 6.45) is -0.0954. The van der Waals surface area contributed by atoms with Crippen LogP contribution in [0.5, 0.6) is 11.5 Å². The van der Waals surface area contributed by atoms with Crippen molar-refractivity contribution in [1.29, 1.82) is 0 Å². The first-order chi connectivity index (χ1) is 13.3. The second-order valence-electron chi connectivity index (χ2n) is 5.74. The molecule has 1 aromatic carbocycles. The maximum Gasteiger partial charge on any atom is 0.503 e. The zero-order chi connectivity index (χ0) is 20.8. The predicted octanol–water partition coefficient (Wildman–Crippen LogP) is 3.12. The number of aromatic amines is 1. The number of methoxy groups -OCH3 is 2. The average Bonchev–Trinajstić information content (AvgIpc) is 3.07. The van der Waals surface area contributed by atoms with Crippen LogP contribution in [0, 0.1) is 13.8 Å². The van der Waals surface area contributed by atoms with Crippen LogP contribution in [0.2, 0.25) is 0 Å². The van der Waals surface area contributed by atoms with Crippen LogP contribution in [0.25, 0.3) is 11.0 Å². The van der Waals surface area contributed by atoms with Crippen LogP contribution >= 0.6 is 0 Å². The largest absolute Gasteiger partial charge is 0.609 e. The normalized spacial score (nSPS) is 11.5. The summed E-state index contributed by atoms with van der Waals surface area (Å²) in [5, 5.41) is 14.4. The van der Waals surface area contributed by atoms with Gasteiger partial charge < -0.3 is 24.2 Å². The Bertz CT molecular complexity index is 971. The second kappa shape index (κ2) is 9.29. The number of H-pyrrole nitrogens is 1. The minimum Gasteiger partial charge on any atom is -0.609 e. The Balaban J connectivity index is 0.000000640. The van der Waals surface area contributed by atoms with Gasteiger partial charge >= 0.3 is 11.3 Å². The number of aromatic nitrogens is 3. The SMILES string of the molecule is COc1ccc2[nH]c([S+]([O-])Cc3ncc(C)c(OC)c3C)nc2c1.O=C(O)O. The zero-order valence-corrected chi connectivity index (χ0v) is 16.7. The highest BCUT2D eigenvalue weighted by atomic mass is 32.2. The van der Waals surface area contributed by atoms with E-state index in [-0.39, 0.29) is 5.75 Å². The first kappa shape index (κ1) is 21.3. The Morgan fingerprint density at radius 3 is 2.54 bits per heavy atom. The lowest BCUT2D eigenvalue weighted by molar-refractivity contribution is 0.137. The Hall–Kier alpha value is -2.98. The van der Waals surface area contributed by atoms with Gasteiger partial charge in [0.1, 0.15) is 11.5 Å². The number of rotatable bonds is 5. The molecule has 0 spiro atoms. The lowest BCUT2D eigenvalue weighted by Gasteiger charge is -2.13. The summed E-state index contributed by atoms with van der Waals surface area (Å²) in [6, 6.07) is 5.51. The van der Waals surface area contributed by atoms with Gasteiger partial charge in [0.25, 0.3) is 0 Å². The molecule has 0 fully saturated rings. The molecule has 3 N–H and O–H groups in total. The summed E-state index contributed by atoms with van der Waals surface area (Å²) >= 11 is -1.33. The van der Waals surface area contributed by atoms with E-state index in [1.165, 1.54) is 0 Å². The molecule has 0 bridgehead atoms. The fourth-order valence-corrected chi connectivity index (χ4v) is 3.71. The molecule has 2 heterocycles. The van der Waals surface area contributed by atoms with Crippen molar-refractivity contribution in [1.82, 2.24) is 15.0 Å². The average molecular weight is 407 g/mol. The summed E-state index contributed by atoms with van der Waals surface area (Å²) in [4.78, 5) is 20.5. The van der Waals surface area contributed by atoms with Gasteiger partial charge in [-0.3, -0.25) is 9.97 Å². The quantitative estimate of drug-likeness (QED) is 0.548. The number of carbonyl (C=O) groups is 1. The number of pyridine rings is 1. The van der Waals surface area contributed by atoms with Crippen molar-refractivity contribution in [2.75, 3.05) is 14.2 Å². The van der Waals surface area contributed by atoms with Gasteiger partial charge in [0, 0.05) is 34.6 Å². The van der Waals surface area contributed by atoms with Crippen molar-refractivity contribution in [2.45, 2.75) is 24.8 Å². The standard InChI is InChI=1S/C17H19N3O3S.CH2O3/c1-10-8-18-15(11(2)16(10)23-4)9-24(21)17-19-13-6-5-12(22-3)7-14(13)20-17;2-1(3)4/h5-8H,9H2,1-4H3,(H,19,20);(H2,2,3,4). The van der Waals surface area contributed by atoms with Crippen molar-refractivity contribution < 1.29 is 29.0 Å². The molecule has 3 rings (SSSR count). The van der Waals surface area contributed by atoms with E-state index < -0.39 is 17.3 Å². The molecule has 0 saturated carbocycles. The highest BCUT2D eigenvalue weighted by Crippen LogP contribution is 2.27. The molecule has 0 aliphatic carbocycles. The number of ether oxygens (including phenoxy) is 2. The van der Waals surface area contributed by atoms with E-state index in [1.54, 1.807) is 20.4 Å². The van der Waals surface area contributed by atoms with Gasteiger partial charge in [0.2, 0.25) is 0 Å². The Morgan fingerprint density at radius 1 is 1.25 bits per heavy atom. The second-order valence-corrected chi connectivity index (χ2v) is 7.11. The maximum absolute atomic E-state index is 12.7. The van der Waals surface area contributed by atoms with Gasteiger partial charge in [-0.15, -0.1) is 0 Å². The zero-order valence-electron chi connectivity index (χ0n) is 15.8. The number of nitrogens with zero attached hydrogens (tertiary/aromatic N) is 2. The van der Waals surface area contributed by atoms with Gasteiger partial charge in [0.15, 0.2) is 5.75 Å². The van der Waals surface area contributed by atoms with Gasteiger partial charge in [-0.1, -0.05) is 0 Å². The summed E-state index contributed by atoms with van der Waals surface area (Å²) in [5.41, 5.74) is 4.16.